The highest BCUT2D eigenvalue weighted by Gasteiger charge is 2.23. The Morgan fingerprint density at radius 2 is 2.30 bits per heavy atom. The lowest BCUT2D eigenvalue weighted by Gasteiger charge is -2.20. The third-order valence-electron chi connectivity index (χ3n) is 2.71. The van der Waals surface area contributed by atoms with Crippen LogP contribution in [-0.2, 0) is 0 Å². The maximum Gasteiger partial charge on any atom is 0.253 e. The molecular weight excluding hydrogens is 360 g/mol. The molecule has 0 bridgehead atoms. The SMILES string of the molecule is CCC(N)C(Sc1nc(N)cc(=O)[nH]1)c1ccc(Br)s1. The molecule has 2 heterocycles. The molecule has 0 aromatic carbocycles. The Morgan fingerprint density at radius 3 is 2.85 bits per heavy atom. The topological polar surface area (TPSA) is 97.8 Å². The number of H-pyrrole nitrogens is 1. The van der Waals surface area contributed by atoms with Gasteiger partial charge in [-0.2, -0.15) is 0 Å². The summed E-state index contributed by atoms with van der Waals surface area (Å²) >= 11 is 6.52. The lowest BCUT2D eigenvalue weighted by atomic mass is 10.1. The summed E-state index contributed by atoms with van der Waals surface area (Å²) in [6, 6.07) is 5.26. The van der Waals surface area contributed by atoms with Gasteiger partial charge in [0.1, 0.15) is 5.82 Å². The van der Waals surface area contributed by atoms with Crippen molar-refractivity contribution in [3.63, 3.8) is 0 Å². The lowest BCUT2D eigenvalue weighted by Crippen LogP contribution is -2.25. The van der Waals surface area contributed by atoms with E-state index in [1.54, 1.807) is 11.3 Å². The standard InChI is InChI=1S/C12H15BrN4OS2/c1-2-6(14)11(7-3-4-8(13)19-7)20-12-16-9(15)5-10(18)17-12/h3-6,11H,2,14H2,1H3,(H3,15,16,17,18). The van der Waals surface area contributed by atoms with Gasteiger partial charge in [-0.1, -0.05) is 18.7 Å². The molecule has 0 aliphatic rings. The first-order valence-electron chi connectivity index (χ1n) is 6.04. The van der Waals surface area contributed by atoms with Crippen LogP contribution in [0.15, 0.2) is 31.9 Å². The van der Waals surface area contributed by atoms with Crippen LogP contribution in [0.3, 0.4) is 0 Å². The molecule has 0 radical (unpaired) electrons. The first-order chi connectivity index (χ1) is 9.49. The van der Waals surface area contributed by atoms with Gasteiger partial charge in [0.25, 0.3) is 5.56 Å². The third kappa shape index (κ3) is 3.85. The minimum atomic E-state index is -0.254. The van der Waals surface area contributed by atoms with Crippen LogP contribution in [-0.4, -0.2) is 16.0 Å². The van der Waals surface area contributed by atoms with Crippen LogP contribution in [0.1, 0.15) is 23.5 Å². The fraction of sp³-hybridized carbons (Fsp3) is 0.333. The van der Waals surface area contributed by atoms with Gasteiger partial charge >= 0.3 is 0 Å². The third-order valence-corrected chi connectivity index (χ3v) is 5.84. The van der Waals surface area contributed by atoms with Crippen LogP contribution in [0.5, 0.6) is 0 Å². The molecule has 20 heavy (non-hydrogen) atoms. The van der Waals surface area contributed by atoms with Crippen LogP contribution in [0.25, 0.3) is 0 Å². The van der Waals surface area contributed by atoms with E-state index in [0.717, 1.165) is 15.1 Å². The molecule has 0 fully saturated rings. The lowest BCUT2D eigenvalue weighted by molar-refractivity contribution is 0.638. The summed E-state index contributed by atoms with van der Waals surface area (Å²) in [6.45, 7) is 2.04. The van der Waals surface area contributed by atoms with E-state index in [-0.39, 0.29) is 22.7 Å². The molecule has 5 nitrogen and oxygen atoms in total. The molecule has 0 saturated heterocycles. The molecule has 8 heteroatoms. The number of anilines is 1. The summed E-state index contributed by atoms with van der Waals surface area (Å²) in [5.74, 6) is 0.215. The van der Waals surface area contributed by atoms with Crippen molar-refractivity contribution in [1.29, 1.82) is 0 Å². The summed E-state index contributed by atoms with van der Waals surface area (Å²) in [5.41, 5.74) is 11.6. The van der Waals surface area contributed by atoms with E-state index in [4.69, 9.17) is 11.5 Å². The van der Waals surface area contributed by atoms with Gasteiger partial charge in [0.2, 0.25) is 0 Å². The number of hydrogen-bond acceptors (Lipinski definition) is 6. The quantitative estimate of drug-likeness (QED) is 0.551. The van der Waals surface area contributed by atoms with Crippen molar-refractivity contribution in [2.24, 2.45) is 5.73 Å². The van der Waals surface area contributed by atoms with E-state index >= 15 is 0 Å². The van der Waals surface area contributed by atoms with Crippen molar-refractivity contribution >= 4 is 44.8 Å². The molecule has 2 aromatic heterocycles. The van der Waals surface area contributed by atoms with E-state index in [2.05, 4.69) is 25.9 Å². The number of hydrogen-bond donors (Lipinski definition) is 3. The zero-order valence-corrected chi connectivity index (χ0v) is 14.0. The summed E-state index contributed by atoms with van der Waals surface area (Å²) in [4.78, 5) is 19.4. The number of thioether (sulfide) groups is 1. The molecule has 2 rings (SSSR count). The Bertz CT molecular complexity index is 642. The monoisotopic (exact) mass is 374 g/mol. The Labute approximate surface area is 133 Å². The number of nitrogens with one attached hydrogen (secondary N) is 1. The Hall–Kier alpha value is -0.830. The number of halogens is 1. The van der Waals surface area contributed by atoms with E-state index in [1.165, 1.54) is 17.8 Å². The van der Waals surface area contributed by atoms with E-state index in [0.29, 0.717) is 5.16 Å². The number of aromatic amines is 1. The van der Waals surface area contributed by atoms with Crippen molar-refractivity contribution in [2.75, 3.05) is 5.73 Å². The maximum atomic E-state index is 11.4. The predicted molar refractivity (Wildman–Crippen MR) is 88.2 cm³/mol. The first-order valence-corrected chi connectivity index (χ1v) is 8.52. The largest absolute Gasteiger partial charge is 0.383 e. The van der Waals surface area contributed by atoms with Crippen molar-refractivity contribution < 1.29 is 0 Å². The van der Waals surface area contributed by atoms with Gasteiger partial charge in [-0.15, -0.1) is 11.3 Å². The summed E-state index contributed by atoms with van der Waals surface area (Å²) in [6.07, 6.45) is 0.833. The number of nitrogens with two attached hydrogens (primary N) is 2. The molecule has 0 aliphatic heterocycles. The zero-order chi connectivity index (χ0) is 14.7. The molecule has 0 saturated carbocycles. The van der Waals surface area contributed by atoms with E-state index < -0.39 is 0 Å². The summed E-state index contributed by atoms with van der Waals surface area (Å²) in [5, 5.41) is 0.523. The average molecular weight is 375 g/mol. The van der Waals surface area contributed by atoms with Gasteiger partial charge < -0.3 is 16.5 Å². The van der Waals surface area contributed by atoms with E-state index in [9.17, 15) is 4.79 Å². The van der Waals surface area contributed by atoms with E-state index in [1.807, 2.05) is 19.1 Å². The summed E-state index contributed by atoms with van der Waals surface area (Å²) in [7, 11) is 0. The highest BCUT2D eigenvalue weighted by Crippen LogP contribution is 2.40. The molecule has 2 unspecified atom stereocenters. The van der Waals surface area contributed by atoms with Crippen LogP contribution < -0.4 is 17.0 Å². The number of rotatable bonds is 5. The van der Waals surface area contributed by atoms with Crippen LogP contribution in [0.4, 0.5) is 5.82 Å². The summed E-state index contributed by atoms with van der Waals surface area (Å²) < 4.78 is 1.05. The molecule has 0 spiro atoms. The van der Waals surface area contributed by atoms with Crippen molar-refractivity contribution in [2.45, 2.75) is 29.8 Å². The second-order valence-corrected chi connectivity index (χ2v) is 7.85. The molecule has 2 aromatic rings. The average Bonchev–Trinajstić information content (AvgIpc) is 2.80. The van der Waals surface area contributed by atoms with Gasteiger partial charge in [-0.05, 0) is 34.5 Å². The molecular formula is C12H15BrN4OS2. The second-order valence-electron chi connectivity index (χ2n) is 4.23. The predicted octanol–water partition coefficient (Wildman–Crippen LogP) is 2.75. The first kappa shape index (κ1) is 15.6. The van der Waals surface area contributed by atoms with Crippen LogP contribution in [0.2, 0.25) is 0 Å². The zero-order valence-electron chi connectivity index (χ0n) is 10.8. The fourth-order valence-electron chi connectivity index (χ4n) is 1.68. The van der Waals surface area contributed by atoms with Crippen LogP contribution >= 0.6 is 39.0 Å². The van der Waals surface area contributed by atoms with Crippen molar-refractivity contribution in [3.05, 3.63) is 37.2 Å². The number of nitrogen functional groups attached to an aromatic ring is 1. The highest BCUT2D eigenvalue weighted by atomic mass is 79.9. The molecule has 108 valence electrons. The minimum absolute atomic E-state index is 0.0289. The Balaban J connectivity index is 2.30. The smallest absolute Gasteiger partial charge is 0.253 e. The van der Waals surface area contributed by atoms with Crippen molar-refractivity contribution in [1.82, 2.24) is 9.97 Å². The second kappa shape index (κ2) is 6.75. The maximum absolute atomic E-state index is 11.4. The van der Waals surface area contributed by atoms with Gasteiger partial charge in [0, 0.05) is 17.0 Å². The van der Waals surface area contributed by atoms with Crippen LogP contribution in [0, 0.1) is 0 Å². The Morgan fingerprint density at radius 1 is 1.55 bits per heavy atom. The molecule has 0 amide bonds. The molecule has 0 aliphatic carbocycles. The number of thiophene rings is 1. The number of aromatic nitrogens is 2. The van der Waals surface area contributed by atoms with Crippen molar-refractivity contribution in [3.8, 4) is 0 Å². The van der Waals surface area contributed by atoms with Gasteiger partial charge in [0.15, 0.2) is 5.16 Å². The highest BCUT2D eigenvalue weighted by molar-refractivity contribution is 9.11. The van der Waals surface area contributed by atoms with Gasteiger partial charge in [0.05, 0.1) is 9.04 Å². The number of nitrogens with zero attached hydrogens (tertiary/aromatic N) is 1. The fourth-order valence-corrected chi connectivity index (χ4v) is 4.57. The van der Waals surface area contributed by atoms with Gasteiger partial charge in [-0.3, -0.25) is 4.79 Å². The normalized spacial score (nSPS) is 14.2. The minimum Gasteiger partial charge on any atom is -0.383 e. The molecule has 5 N–H and O–H groups in total. The molecule has 2 atom stereocenters. The Kier molecular flexibility index (Phi) is 5.25. The van der Waals surface area contributed by atoms with Gasteiger partial charge in [-0.25, -0.2) is 4.98 Å².